The molecule has 2 aromatic carbocycles. The average molecular weight is 283 g/mol. The molecule has 100 valence electrons. The number of aromatic nitrogens is 1. The van der Waals surface area contributed by atoms with Gasteiger partial charge in [-0.25, -0.2) is 9.78 Å². The van der Waals surface area contributed by atoms with Crippen LogP contribution in [0.25, 0.3) is 21.3 Å². The maximum Gasteiger partial charge on any atom is 0.357 e. The van der Waals surface area contributed by atoms with Crippen LogP contribution in [0.15, 0.2) is 47.8 Å². The van der Waals surface area contributed by atoms with Gasteiger partial charge in [-0.15, -0.1) is 11.3 Å². The van der Waals surface area contributed by atoms with E-state index in [-0.39, 0.29) is 5.97 Å². The lowest BCUT2D eigenvalue weighted by atomic mass is 10.1. The maximum absolute atomic E-state index is 11.6. The van der Waals surface area contributed by atoms with Gasteiger partial charge in [-0.3, -0.25) is 0 Å². The van der Waals surface area contributed by atoms with Gasteiger partial charge in [-0.1, -0.05) is 36.4 Å². The Morgan fingerprint density at radius 1 is 1.20 bits per heavy atom. The molecule has 0 unspecified atom stereocenters. The second kappa shape index (κ2) is 5.43. The molecule has 0 fully saturated rings. The van der Waals surface area contributed by atoms with Crippen LogP contribution in [-0.2, 0) is 4.74 Å². The van der Waals surface area contributed by atoms with Crippen LogP contribution in [0.2, 0.25) is 0 Å². The normalized spacial score (nSPS) is 10.7. The standard InChI is InChI=1S/C16H13NO2S/c1-2-19-16(18)14-10-20-15(17-14)13-8-7-11-5-3-4-6-12(11)9-13/h3-10H,2H2,1H3. The molecule has 1 heterocycles. The summed E-state index contributed by atoms with van der Waals surface area (Å²) in [6, 6.07) is 14.3. The molecule has 3 rings (SSSR count). The topological polar surface area (TPSA) is 39.2 Å². The van der Waals surface area contributed by atoms with Crippen LogP contribution in [0.1, 0.15) is 17.4 Å². The molecule has 0 aliphatic carbocycles. The summed E-state index contributed by atoms with van der Waals surface area (Å²) in [7, 11) is 0. The molecule has 3 aromatic rings. The molecule has 0 radical (unpaired) electrons. The van der Waals surface area contributed by atoms with Crippen molar-refractivity contribution in [1.29, 1.82) is 0 Å². The van der Waals surface area contributed by atoms with Crippen molar-refractivity contribution in [3.05, 3.63) is 53.5 Å². The Bertz CT molecular complexity index is 764. The fraction of sp³-hybridized carbons (Fsp3) is 0.125. The van der Waals surface area contributed by atoms with E-state index < -0.39 is 0 Å². The summed E-state index contributed by atoms with van der Waals surface area (Å²) < 4.78 is 4.95. The number of carbonyl (C=O) groups is 1. The van der Waals surface area contributed by atoms with Gasteiger partial charge in [0.2, 0.25) is 0 Å². The van der Waals surface area contributed by atoms with Crippen molar-refractivity contribution in [1.82, 2.24) is 4.98 Å². The number of esters is 1. The predicted octanol–water partition coefficient (Wildman–Crippen LogP) is 4.14. The minimum absolute atomic E-state index is 0.363. The highest BCUT2D eigenvalue weighted by Gasteiger charge is 2.12. The Hall–Kier alpha value is -2.20. The summed E-state index contributed by atoms with van der Waals surface area (Å²) in [6.07, 6.45) is 0. The first-order chi connectivity index (χ1) is 9.78. The summed E-state index contributed by atoms with van der Waals surface area (Å²) in [6.45, 7) is 2.15. The molecule has 3 nitrogen and oxygen atoms in total. The second-order valence-electron chi connectivity index (χ2n) is 4.32. The highest BCUT2D eigenvalue weighted by molar-refractivity contribution is 7.13. The SMILES string of the molecule is CCOC(=O)c1csc(-c2ccc3ccccc3c2)n1. The summed E-state index contributed by atoms with van der Waals surface area (Å²) >= 11 is 1.45. The molecule has 0 atom stereocenters. The fourth-order valence-corrected chi connectivity index (χ4v) is 2.81. The number of hydrogen-bond donors (Lipinski definition) is 0. The lowest BCUT2D eigenvalue weighted by Gasteiger charge is -2.00. The van der Waals surface area contributed by atoms with Crippen molar-refractivity contribution in [2.45, 2.75) is 6.92 Å². The van der Waals surface area contributed by atoms with Crippen molar-refractivity contribution < 1.29 is 9.53 Å². The first-order valence-electron chi connectivity index (χ1n) is 6.40. The first-order valence-corrected chi connectivity index (χ1v) is 7.27. The van der Waals surface area contributed by atoms with Gasteiger partial charge in [0.1, 0.15) is 5.01 Å². The number of ether oxygens (including phenoxy) is 1. The molecule has 0 saturated heterocycles. The van der Waals surface area contributed by atoms with Gasteiger partial charge in [-0.05, 0) is 23.8 Å². The van der Waals surface area contributed by atoms with Crippen molar-refractivity contribution in [3.8, 4) is 10.6 Å². The zero-order valence-corrected chi connectivity index (χ0v) is 11.8. The van der Waals surface area contributed by atoms with Crippen LogP contribution >= 0.6 is 11.3 Å². The predicted molar refractivity (Wildman–Crippen MR) is 81.0 cm³/mol. The number of fused-ring (bicyclic) bond motifs is 1. The largest absolute Gasteiger partial charge is 0.461 e. The third-order valence-corrected chi connectivity index (χ3v) is 3.88. The zero-order chi connectivity index (χ0) is 13.9. The molecule has 1 aromatic heterocycles. The van der Waals surface area contributed by atoms with E-state index in [0.29, 0.717) is 12.3 Å². The summed E-state index contributed by atoms with van der Waals surface area (Å²) in [5, 5.41) is 4.93. The Labute approximate surface area is 120 Å². The van der Waals surface area contributed by atoms with Gasteiger partial charge in [-0.2, -0.15) is 0 Å². The number of nitrogens with zero attached hydrogens (tertiary/aromatic N) is 1. The van der Waals surface area contributed by atoms with E-state index in [4.69, 9.17) is 4.74 Å². The summed E-state index contributed by atoms with van der Waals surface area (Å²) in [4.78, 5) is 16.0. The fourth-order valence-electron chi connectivity index (χ4n) is 2.03. The lowest BCUT2D eigenvalue weighted by Crippen LogP contribution is -2.04. The van der Waals surface area contributed by atoms with E-state index in [1.165, 1.54) is 16.7 Å². The lowest BCUT2D eigenvalue weighted by molar-refractivity contribution is 0.0520. The third kappa shape index (κ3) is 2.42. The number of rotatable bonds is 3. The van der Waals surface area contributed by atoms with E-state index in [2.05, 4.69) is 29.2 Å². The third-order valence-electron chi connectivity index (χ3n) is 2.99. The van der Waals surface area contributed by atoms with E-state index in [1.54, 1.807) is 12.3 Å². The van der Waals surface area contributed by atoms with Crippen LogP contribution in [0.3, 0.4) is 0 Å². The van der Waals surface area contributed by atoms with E-state index >= 15 is 0 Å². The van der Waals surface area contributed by atoms with Crippen LogP contribution in [0.4, 0.5) is 0 Å². The average Bonchev–Trinajstić information content (AvgIpc) is 2.97. The summed E-state index contributed by atoms with van der Waals surface area (Å²) in [5.74, 6) is -0.365. The highest BCUT2D eigenvalue weighted by atomic mass is 32.1. The van der Waals surface area contributed by atoms with Crippen LogP contribution in [0.5, 0.6) is 0 Å². The van der Waals surface area contributed by atoms with Gasteiger partial charge >= 0.3 is 5.97 Å². The van der Waals surface area contributed by atoms with Crippen LogP contribution < -0.4 is 0 Å². The minimum Gasteiger partial charge on any atom is -0.461 e. The molecule has 4 heteroatoms. The number of hydrogen-bond acceptors (Lipinski definition) is 4. The molecule has 0 amide bonds. The molecular weight excluding hydrogens is 270 g/mol. The minimum atomic E-state index is -0.365. The van der Waals surface area contributed by atoms with Gasteiger partial charge in [0.15, 0.2) is 5.69 Å². The van der Waals surface area contributed by atoms with Crippen molar-refractivity contribution in [3.63, 3.8) is 0 Å². The Morgan fingerprint density at radius 2 is 2.00 bits per heavy atom. The smallest absolute Gasteiger partial charge is 0.357 e. The molecular formula is C16H13NO2S. The van der Waals surface area contributed by atoms with E-state index in [9.17, 15) is 4.79 Å². The van der Waals surface area contributed by atoms with Crippen molar-refractivity contribution >= 4 is 28.1 Å². The quantitative estimate of drug-likeness (QED) is 0.678. The van der Waals surface area contributed by atoms with Crippen molar-refractivity contribution in [2.75, 3.05) is 6.61 Å². The molecule has 20 heavy (non-hydrogen) atoms. The summed E-state index contributed by atoms with van der Waals surface area (Å²) in [5.41, 5.74) is 1.39. The highest BCUT2D eigenvalue weighted by Crippen LogP contribution is 2.27. The van der Waals surface area contributed by atoms with Crippen molar-refractivity contribution in [2.24, 2.45) is 0 Å². The van der Waals surface area contributed by atoms with Crippen LogP contribution in [-0.4, -0.2) is 17.6 Å². The molecule has 0 saturated carbocycles. The van der Waals surface area contributed by atoms with Crippen LogP contribution in [0, 0.1) is 0 Å². The maximum atomic E-state index is 11.6. The van der Waals surface area contributed by atoms with Gasteiger partial charge < -0.3 is 4.74 Å². The molecule has 0 bridgehead atoms. The van der Waals surface area contributed by atoms with Gasteiger partial charge in [0.05, 0.1) is 6.61 Å². The zero-order valence-electron chi connectivity index (χ0n) is 11.0. The Kier molecular flexibility index (Phi) is 3.48. The monoisotopic (exact) mass is 283 g/mol. The molecule has 0 N–H and O–H groups in total. The van der Waals surface area contributed by atoms with E-state index in [0.717, 1.165) is 16.0 Å². The second-order valence-corrected chi connectivity index (χ2v) is 5.18. The van der Waals surface area contributed by atoms with Gasteiger partial charge in [0.25, 0.3) is 0 Å². The molecule has 0 aliphatic heterocycles. The Balaban J connectivity index is 1.96. The number of benzene rings is 2. The van der Waals surface area contributed by atoms with Gasteiger partial charge in [0, 0.05) is 10.9 Å². The number of carbonyl (C=O) groups excluding carboxylic acids is 1. The molecule has 0 spiro atoms. The number of thiazole rings is 1. The molecule has 0 aliphatic rings. The van der Waals surface area contributed by atoms with E-state index in [1.807, 2.05) is 18.2 Å². The first kappa shape index (κ1) is 12.8. The Morgan fingerprint density at radius 3 is 2.80 bits per heavy atom.